The molecule has 1 radical (unpaired) electrons. The van der Waals surface area contributed by atoms with Gasteiger partial charge >= 0.3 is 163 Å². The van der Waals surface area contributed by atoms with Crippen LogP contribution in [0.4, 0.5) is 52.7 Å². The molecule has 0 saturated carbocycles. The van der Waals surface area contributed by atoms with Crippen molar-refractivity contribution < 1.29 is 60.2 Å². The molecule has 1 heterocycles. The molecular weight excluding hydrogens is 541 g/mol. The van der Waals surface area contributed by atoms with Crippen LogP contribution in [0.1, 0.15) is 0 Å². The van der Waals surface area contributed by atoms with E-state index < -0.39 is 79.1 Å². The molecule has 0 aliphatic carbocycles. The average Bonchev–Trinajstić information content (AvgIpc) is 2.40. The third-order valence-corrected chi connectivity index (χ3v) is 13.1. The zero-order valence-corrected chi connectivity index (χ0v) is 18.7. The first kappa shape index (κ1) is 27.3. The molecule has 1 atom stereocenters. The second kappa shape index (κ2) is 8.00. The standard InChI is InChI=1S/C11H14F12GeNO2P2/c1-28-4-6(8(12,13)14,9(15,16)17)26-24-25-29(2,3)5-7(27-24,10(18,19)20)11(21,22)23/h28H,4-5H2,1-3H3. The first-order valence-corrected chi connectivity index (χ1v) is 14.5. The Labute approximate surface area is 163 Å². The molecule has 0 N–H and O–H groups in total. The molecule has 0 bridgehead atoms. The molecule has 173 valence electrons. The summed E-state index contributed by atoms with van der Waals surface area (Å²) in [7, 11) is -4.68. The van der Waals surface area contributed by atoms with Gasteiger partial charge in [0, 0.05) is 0 Å². The Morgan fingerprint density at radius 2 is 1.34 bits per heavy atom. The average molecular weight is 555 g/mol. The molecule has 0 aromatic rings. The van der Waals surface area contributed by atoms with E-state index in [1.165, 1.54) is 0 Å². The van der Waals surface area contributed by atoms with E-state index >= 15 is 0 Å². The van der Waals surface area contributed by atoms with Gasteiger partial charge in [0.05, 0.1) is 0 Å². The monoisotopic (exact) mass is 556 g/mol. The molecular formula is C11H14F12GeNO2P2. The minimum absolute atomic E-state index is 0.822. The van der Waals surface area contributed by atoms with Crippen molar-refractivity contribution in [2.75, 3.05) is 32.3 Å². The fraction of sp³-hybridized carbons (Fsp3) is 1.00. The summed E-state index contributed by atoms with van der Waals surface area (Å²) in [4.78, 5) is 0. The van der Waals surface area contributed by atoms with Crippen molar-refractivity contribution in [3.8, 4) is 0 Å². The van der Waals surface area contributed by atoms with Crippen molar-refractivity contribution in [3.05, 3.63) is 0 Å². The predicted octanol–water partition coefficient (Wildman–Crippen LogP) is 5.51. The number of rotatable bonds is 4. The number of alkyl halides is 12. The van der Waals surface area contributed by atoms with Gasteiger partial charge in [-0.2, -0.15) is 0 Å². The normalized spacial score (nSPS) is 22.2. The number of nitrogens with zero attached hydrogens (tertiary/aromatic N) is 1. The van der Waals surface area contributed by atoms with Gasteiger partial charge in [-0.25, -0.2) is 0 Å². The SMILES string of the molecule is CPCC([O][Ge]1[N]=P(C)(C)CC(C(F)(F)F)(C(F)(F)F)[O]1)(C(F)(F)F)C(F)(F)F. The fourth-order valence-electron chi connectivity index (χ4n) is 2.41. The first-order valence-electron chi connectivity index (χ1n) is 7.28. The van der Waals surface area contributed by atoms with Gasteiger partial charge in [0.2, 0.25) is 0 Å². The summed E-state index contributed by atoms with van der Waals surface area (Å²) < 4.78 is 171. The summed E-state index contributed by atoms with van der Waals surface area (Å²) in [5, 5.41) is 0. The van der Waals surface area contributed by atoms with Crippen LogP contribution in [0.3, 0.4) is 0 Å². The summed E-state index contributed by atoms with van der Waals surface area (Å²) in [6, 6.07) is 0. The molecule has 1 aliphatic rings. The molecule has 0 fully saturated rings. The van der Waals surface area contributed by atoms with Crippen LogP contribution in [0.5, 0.6) is 0 Å². The molecule has 18 heteroatoms. The molecule has 0 amide bonds. The topological polar surface area (TPSA) is 30.8 Å². The van der Waals surface area contributed by atoms with Crippen LogP contribution in [0, 0.1) is 0 Å². The van der Waals surface area contributed by atoms with Crippen molar-refractivity contribution >= 4 is 30.9 Å². The van der Waals surface area contributed by atoms with Gasteiger partial charge in [0.15, 0.2) is 0 Å². The number of hydrogen-bond donors (Lipinski definition) is 0. The van der Waals surface area contributed by atoms with Crippen LogP contribution >= 0.6 is 15.6 Å². The Hall–Kier alpha value is 0.283. The molecule has 1 rings (SSSR count). The van der Waals surface area contributed by atoms with Gasteiger partial charge in [0.25, 0.3) is 0 Å². The van der Waals surface area contributed by atoms with Gasteiger partial charge in [-0.3, -0.25) is 0 Å². The Balaban J connectivity index is 3.64. The van der Waals surface area contributed by atoms with Crippen molar-refractivity contribution in [1.29, 1.82) is 0 Å². The summed E-state index contributed by atoms with van der Waals surface area (Å²) in [5.41, 5.74) is -9.93. The van der Waals surface area contributed by atoms with E-state index in [0.29, 0.717) is 0 Å². The van der Waals surface area contributed by atoms with Gasteiger partial charge < -0.3 is 0 Å². The van der Waals surface area contributed by atoms with Gasteiger partial charge in [0.1, 0.15) is 0 Å². The van der Waals surface area contributed by atoms with E-state index in [2.05, 4.69) is 11.2 Å². The van der Waals surface area contributed by atoms with Crippen LogP contribution in [0.2, 0.25) is 0 Å². The van der Waals surface area contributed by atoms with Crippen molar-refractivity contribution in [2.45, 2.75) is 35.9 Å². The summed E-state index contributed by atoms with van der Waals surface area (Å²) in [5.74, 6) is 0. The molecule has 1 unspecified atom stereocenters. The summed E-state index contributed by atoms with van der Waals surface area (Å²) in [6.45, 7) is 2.58. The Morgan fingerprint density at radius 1 is 0.931 bits per heavy atom. The molecule has 3 nitrogen and oxygen atoms in total. The van der Waals surface area contributed by atoms with Crippen molar-refractivity contribution in [1.82, 2.24) is 0 Å². The van der Waals surface area contributed by atoms with E-state index in [4.69, 9.17) is 0 Å². The number of halogens is 12. The predicted molar refractivity (Wildman–Crippen MR) is 82.8 cm³/mol. The third kappa shape index (κ3) is 5.20. The number of hydrogen-bond acceptors (Lipinski definition) is 3. The molecule has 1 aliphatic heterocycles. The quantitative estimate of drug-likeness (QED) is 0.261. The molecule has 0 aromatic heterocycles. The Morgan fingerprint density at radius 3 is 1.66 bits per heavy atom. The van der Waals surface area contributed by atoms with Gasteiger partial charge in [-0.15, -0.1) is 0 Å². The van der Waals surface area contributed by atoms with Crippen molar-refractivity contribution in [2.24, 2.45) is 3.70 Å². The van der Waals surface area contributed by atoms with Gasteiger partial charge in [-0.1, -0.05) is 0 Å². The molecule has 0 spiro atoms. The second-order valence-electron chi connectivity index (χ2n) is 6.52. The molecule has 0 saturated heterocycles. The third-order valence-electron chi connectivity index (χ3n) is 3.74. The fourth-order valence-corrected chi connectivity index (χ4v) is 12.4. The van der Waals surface area contributed by atoms with E-state index in [9.17, 15) is 52.7 Å². The zero-order chi connectivity index (χ0) is 23.3. The van der Waals surface area contributed by atoms with E-state index in [1.807, 2.05) is 0 Å². The van der Waals surface area contributed by atoms with Crippen LogP contribution in [0.15, 0.2) is 3.70 Å². The summed E-state index contributed by atoms with van der Waals surface area (Å²) in [6.07, 6.45) is -28.2. The summed E-state index contributed by atoms with van der Waals surface area (Å²) >= 11 is -5.48. The van der Waals surface area contributed by atoms with Crippen LogP contribution < -0.4 is 0 Å². The van der Waals surface area contributed by atoms with Crippen LogP contribution in [-0.2, 0) is 7.53 Å². The van der Waals surface area contributed by atoms with Gasteiger partial charge in [-0.05, 0) is 0 Å². The maximum absolute atomic E-state index is 13.3. The molecule has 0 aromatic carbocycles. The first-order chi connectivity index (χ1) is 12.6. The van der Waals surface area contributed by atoms with Crippen LogP contribution in [-0.4, -0.2) is 83.5 Å². The van der Waals surface area contributed by atoms with E-state index in [-0.39, 0.29) is 0 Å². The van der Waals surface area contributed by atoms with E-state index in [0.717, 1.165) is 20.0 Å². The van der Waals surface area contributed by atoms with Crippen molar-refractivity contribution in [3.63, 3.8) is 0 Å². The van der Waals surface area contributed by atoms with E-state index in [1.54, 1.807) is 0 Å². The minimum atomic E-state index is -6.17. The zero-order valence-electron chi connectivity index (χ0n) is 14.7. The Bertz CT molecular complexity index is 622. The maximum atomic E-state index is 13.3. The second-order valence-corrected chi connectivity index (χ2v) is 14.6. The van der Waals surface area contributed by atoms with Crippen LogP contribution in [0.25, 0.3) is 0 Å². The Kier molecular flexibility index (Phi) is 7.54. The molecule has 29 heavy (non-hydrogen) atoms.